The van der Waals surface area contributed by atoms with E-state index in [9.17, 15) is 29.7 Å². The number of Topliss-reactive ketones (excluding diaryl/α,β-unsaturated/α-hetero) is 1. The Morgan fingerprint density at radius 1 is 1.14 bits per heavy atom. The summed E-state index contributed by atoms with van der Waals surface area (Å²) in [5.74, 6) is -3.24. The quantitative estimate of drug-likeness (QED) is 0.130. The van der Waals surface area contributed by atoms with E-state index in [2.05, 4.69) is 6.92 Å². The second-order valence-corrected chi connectivity index (χ2v) is 13.6. The highest BCUT2D eigenvalue weighted by atomic mass is 16.6. The van der Waals surface area contributed by atoms with Crippen molar-refractivity contribution >= 4 is 17.7 Å². The third kappa shape index (κ3) is 4.14. The molecule has 4 aliphatic carbocycles. The van der Waals surface area contributed by atoms with Crippen molar-refractivity contribution in [2.45, 2.75) is 122 Å². The van der Waals surface area contributed by atoms with E-state index in [1.54, 1.807) is 39.8 Å². The summed E-state index contributed by atoms with van der Waals surface area (Å²) in [6, 6.07) is 0. The number of ether oxygens (including phenoxy) is 2. The van der Waals surface area contributed by atoms with Crippen molar-refractivity contribution in [3.8, 4) is 0 Å². The molecule has 2 bridgehead atoms. The molecule has 0 saturated heterocycles. The fourth-order valence-electron chi connectivity index (χ4n) is 8.34. The van der Waals surface area contributed by atoms with Crippen LogP contribution in [0.4, 0.5) is 0 Å². The van der Waals surface area contributed by atoms with E-state index in [1.807, 2.05) is 13.8 Å². The van der Waals surface area contributed by atoms with Crippen LogP contribution in [0.2, 0.25) is 0 Å². The van der Waals surface area contributed by atoms with Gasteiger partial charge in [0.2, 0.25) is 0 Å². The number of carbonyl (C=O) groups is 3. The van der Waals surface area contributed by atoms with Crippen LogP contribution in [0.5, 0.6) is 0 Å². The van der Waals surface area contributed by atoms with Gasteiger partial charge in [-0.15, -0.1) is 0 Å². The van der Waals surface area contributed by atoms with Gasteiger partial charge in [0.05, 0.1) is 16.9 Å². The van der Waals surface area contributed by atoms with Gasteiger partial charge in [0.1, 0.15) is 30.0 Å². The summed E-state index contributed by atoms with van der Waals surface area (Å²) in [7, 11) is 0. The van der Waals surface area contributed by atoms with E-state index in [0.29, 0.717) is 17.6 Å². The van der Waals surface area contributed by atoms with Crippen LogP contribution >= 0.6 is 0 Å². The molecule has 0 heterocycles. The highest BCUT2D eigenvalue weighted by Crippen LogP contribution is 2.76. The number of carbonyl (C=O) groups excluding carboxylic acids is 3. The van der Waals surface area contributed by atoms with Crippen molar-refractivity contribution < 1.29 is 39.2 Å². The molecule has 1 spiro atoms. The minimum Gasteiger partial charge on any atom is -0.458 e. The smallest absolute Gasteiger partial charge is 0.333 e. The summed E-state index contributed by atoms with van der Waals surface area (Å²) in [4.78, 5) is 40.5. The molecule has 0 radical (unpaired) electrons. The van der Waals surface area contributed by atoms with Crippen LogP contribution in [0.1, 0.15) is 93.4 Å². The summed E-state index contributed by atoms with van der Waals surface area (Å²) < 4.78 is 11.8. The van der Waals surface area contributed by atoms with Crippen molar-refractivity contribution in [3.63, 3.8) is 0 Å². The Morgan fingerprint density at radius 2 is 1.79 bits per heavy atom. The number of nitrogens with two attached hydrogens (primary N) is 1. The van der Waals surface area contributed by atoms with Crippen LogP contribution in [-0.4, -0.2) is 68.6 Å². The summed E-state index contributed by atoms with van der Waals surface area (Å²) in [5.41, 5.74) is 0.445. The molecule has 8 atom stereocenters. The zero-order valence-electron chi connectivity index (χ0n) is 26.2. The predicted molar refractivity (Wildman–Crippen MR) is 157 cm³/mol. The number of fused-ring (bicyclic) bond motifs is 3. The second-order valence-electron chi connectivity index (χ2n) is 13.6. The van der Waals surface area contributed by atoms with Gasteiger partial charge in [-0.25, -0.2) is 4.79 Å². The van der Waals surface area contributed by atoms with Crippen molar-refractivity contribution in [1.82, 2.24) is 0 Å². The molecule has 2 saturated carbocycles. The van der Waals surface area contributed by atoms with E-state index >= 15 is 0 Å². The molecule has 0 aliphatic heterocycles. The number of hydrogen-bond acceptors (Lipinski definition) is 9. The first-order valence-corrected chi connectivity index (χ1v) is 15.4. The average molecular weight is 588 g/mol. The van der Waals surface area contributed by atoms with Gasteiger partial charge in [-0.1, -0.05) is 71.6 Å². The Bertz CT molecular complexity index is 1230. The maximum absolute atomic E-state index is 14.8. The van der Waals surface area contributed by atoms with Gasteiger partial charge in [-0.05, 0) is 50.7 Å². The van der Waals surface area contributed by atoms with Crippen LogP contribution in [0, 0.1) is 22.7 Å². The van der Waals surface area contributed by atoms with Gasteiger partial charge >= 0.3 is 11.9 Å². The Morgan fingerprint density at radius 3 is 2.40 bits per heavy atom. The number of rotatable bonds is 10. The number of esters is 2. The Balaban J connectivity index is 1.80. The van der Waals surface area contributed by atoms with Crippen LogP contribution in [-0.2, 0) is 23.9 Å². The molecule has 0 aromatic carbocycles. The Hall–Kier alpha value is -2.33. The fourth-order valence-corrected chi connectivity index (χ4v) is 8.34. The molecule has 4 rings (SSSR count). The number of ketones is 1. The zero-order valence-corrected chi connectivity index (χ0v) is 26.2. The summed E-state index contributed by atoms with van der Waals surface area (Å²) >= 11 is 0. The predicted octanol–water partition coefficient (Wildman–Crippen LogP) is 3.44. The fraction of sp³-hybridized carbons (Fsp3) is 0.727. The molecule has 9 nitrogen and oxygen atoms in total. The lowest BCUT2D eigenvalue weighted by Crippen LogP contribution is -2.65. The number of allylic oxidation sites excluding steroid dienone is 1. The lowest BCUT2D eigenvalue weighted by Gasteiger charge is -2.48. The van der Waals surface area contributed by atoms with Crippen LogP contribution < -0.4 is 5.73 Å². The van der Waals surface area contributed by atoms with Crippen molar-refractivity contribution in [1.29, 1.82) is 0 Å². The molecular formula is C33H49NO8. The van der Waals surface area contributed by atoms with E-state index in [0.717, 1.165) is 25.7 Å². The standard InChI is InChI=1S/C33H49NO8/c1-8-10-11-12-13-14-24(35)42-31-17-21(5)30-16-20(4)25(36)32(30,40)26(37)22(18-41-28(39)19(3)9-2)15-23(27(30)38)33(31,34)29(31,6)7/h9,15-16,21,23,25-26,36-37,40H,8,10-14,17-18,34H2,1-7H3/b19-9+/t21-,23-,25+,26-,30+,31-,32-,33+/m1/s1. The number of hydrogen-bond donors (Lipinski definition) is 4. The molecule has 5 N–H and O–H groups in total. The minimum absolute atomic E-state index is 0.0647. The summed E-state index contributed by atoms with van der Waals surface area (Å²) in [6.45, 7) is 12.1. The van der Waals surface area contributed by atoms with Crippen LogP contribution in [0.15, 0.2) is 34.9 Å². The number of aliphatic hydroxyl groups excluding tert-OH is 2. The highest BCUT2D eigenvalue weighted by Gasteiger charge is 2.90. The molecule has 42 heavy (non-hydrogen) atoms. The highest BCUT2D eigenvalue weighted by molar-refractivity contribution is 5.97. The van der Waals surface area contributed by atoms with Crippen molar-refractivity contribution in [2.75, 3.05) is 6.61 Å². The van der Waals surface area contributed by atoms with Gasteiger partial charge in [0, 0.05) is 17.4 Å². The monoisotopic (exact) mass is 587 g/mol. The third-order valence-electron chi connectivity index (χ3n) is 11.2. The van der Waals surface area contributed by atoms with E-state index in [-0.39, 0.29) is 24.4 Å². The van der Waals surface area contributed by atoms with Gasteiger partial charge in [-0.2, -0.15) is 0 Å². The SMILES string of the molecule is C/C=C(\C)C(=O)OCC1=C[C@@H]2C(=O)[C@]3(C=C(C)[C@H](O)[C@@]3(O)[C@@H]1O)[C@H](C)C[C@@]1(OC(=O)CCCCCCC)C(C)(C)[C@@]21N. The van der Waals surface area contributed by atoms with Gasteiger partial charge in [-0.3, -0.25) is 9.59 Å². The third-order valence-corrected chi connectivity index (χ3v) is 11.2. The molecule has 2 fully saturated rings. The first-order valence-electron chi connectivity index (χ1n) is 15.4. The molecular weight excluding hydrogens is 538 g/mol. The molecule has 9 heteroatoms. The summed E-state index contributed by atoms with van der Waals surface area (Å²) in [6.07, 6.45) is 6.58. The number of aliphatic hydroxyl groups is 3. The summed E-state index contributed by atoms with van der Waals surface area (Å²) in [5, 5.41) is 35.4. The van der Waals surface area contributed by atoms with Crippen molar-refractivity contribution in [3.05, 3.63) is 34.9 Å². The largest absolute Gasteiger partial charge is 0.458 e. The molecule has 0 amide bonds. The molecule has 4 aliphatic rings. The Labute approximate surface area is 249 Å². The van der Waals surface area contributed by atoms with E-state index < -0.39 is 70.0 Å². The number of unbranched alkanes of at least 4 members (excludes halogenated alkanes) is 4. The Kier molecular flexibility index (Phi) is 8.52. The normalized spacial score (nSPS) is 40.2. The zero-order chi connectivity index (χ0) is 31.5. The first-order chi connectivity index (χ1) is 19.5. The van der Waals surface area contributed by atoms with E-state index in [1.165, 1.54) is 6.08 Å². The molecule has 0 unspecified atom stereocenters. The maximum Gasteiger partial charge on any atom is 0.333 e. The lowest BCUT2D eigenvalue weighted by molar-refractivity contribution is -0.192. The molecule has 0 aromatic rings. The van der Waals surface area contributed by atoms with Gasteiger partial charge < -0.3 is 30.5 Å². The lowest BCUT2D eigenvalue weighted by atomic mass is 9.58. The average Bonchev–Trinajstić information content (AvgIpc) is 3.23. The van der Waals surface area contributed by atoms with Gasteiger partial charge in [0.15, 0.2) is 5.78 Å². The molecule has 234 valence electrons. The second kappa shape index (κ2) is 11.0. The van der Waals surface area contributed by atoms with Crippen LogP contribution in [0.3, 0.4) is 0 Å². The van der Waals surface area contributed by atoms with E-state index in [4.69, 9.17) is 15.2 Å². The van der Waals surface area contributed by atoms with Crippen molar-refractivity contribution in [2.24, 2.45) is 28.4 Å². The first kappa shape index (κ1) is 32.6. The topological polar surface area (TPSA) is 156 Å². The molecule has 0 aromatic heterocycles. The minimum atomic E-state index is -2.35. The van der Waals surface area contributed by atoms with Crippen LogP contribution in [0.25, 0.3) is 0 Å². The maximum atomic E-state index is 14.8. The van der Waals surface area contributed by atoms with Gasteiger partial charge in [0.25, 0.3) is 0 Å².